The average Bonchev–Trinajstić information content (AvgIpc) is 2.40. The fourth-order valence-electron chi connectivity index (χ4n) is 2.24. The summed E-state index contributed by atoms with van der Waals surface area (Å²) in [6.45, 7) is 0. The first-order valence-electron chi connectivity index (χ1n) is 6.13. The van der Waals surface area contributed by atoms with Crippen molar-refractivity contribution < 1.29 is 9.72 Å². The summed E-state index contributed by atoms with van der Waals surface area (Å²) in [4.78, 5) is 22.5. The molecule has 1 aromatic rings. The van der Waals surface area contributed by atoms with E-state index in [0.717, 1.165) is 24.8 Å². The topological polar surface area (TPSA) is 60.2 Å². The van der Waals surface area contributed by atoms with Crippen LogP contribution in [0.25, 0.3) is 0 Å². The zero-order chi connectivity index (χ0) is 13.0. The Labute approximate surface area is 105 Å². The minimum Gasteiger partial charge on any atom is -0.294 e. The summed E-state index contributed by atoms with van der Waals surface area (Å²) < 4.78 is 0. The minimum atomic E-state index is -0.498. The van der Waals surface area contributed by atoms with Crippen LogP contribution < -0.4 is 0 Å². The van der Waals surface area contributed by atoms with Crippen LogP contribution in [0.15, 0.2) is 35.9 Å². The number of allylic oxidation sites excluding steroid dienone is 2. The number of hydrogen-bond acceptors (Lipinski definition) is 3. The van der Waals surface area contributed by atoms with Crippen molar-refractivity contribution in [2.24, 2.45) is 0 Å². The van der Waals surface area contributed by atoms with Crippen molar-refractivity contribution in [3.63, 3.8) is 0 Å². The summed E-state index contributed by atoms with van der Waals surface area (Å²) in [5.41, 5.74) is 1.23. The molecule has 2 rings (SSSR count). The molecule has 1 aromatic carbocycles. The zero-order valence-corrected chi connectivity index (χ0v) is 10.1. The minimum absolute atomic E-state index is 0.0982. The normalized spacial score (nSPS) is 15.0. The molecule has 4 heteroatoms. The Morgan fingerprint density at radius 1 is 1.28 bits per heavy atom. The number of nitro groups is 1. The van der Waals surface area contributed by atoms with Crippen LogP contribution in [0.3, 0.4) is 0 Å². The molecule has 0 radical (unpaired) electrons. The fourth-order valence-corrected chi connectivity index (χ4v) is 2.24. The van der Waals surface area contributed by atoms with Crippen LogP contribution in [0.1, 0.15) is 42.5 Å². The van der Waals surface area contributed by atoms with E-state index in [0.29, 0.717) is 6.42 Å². The molecular weight excluding hydrogens is 230 g/mol. The Bertz CT molecular complexity index is 506. The summed E-state index contributed by atoms with van der Waals surface area (Å²) in [5.74, 6) is -0.157. The van der Waals surface area contributed by atoms with Gasteiger partial charge in [0.25, 0.3) is 5.69 Å². The molecule has 0 atom stereocenters. The van der Waals surface area contributed by atoms with Gasteiger partial charge in [-0.1, -0.05) is 23.8 Å². The van der Waals surface area contributed by atoms with E-state index in [1.165, 1.54) is 18.6 Å². The maximum absolute atomic E-state index is 12.1. The molecule has 0 fully saturated rings. The number of Topliss-reactive ketones (excluding diaryl/α,β-unsaturated/α-hetero) is 1. The smallest absolute Gasteiger partial charge is 0.280 e. The monoisotopic (exact) mass is 245 g/mol. The van der Waals surface area contributed by atoms with E-state index in [9.17, 15) is 14.9 Å². The quantitative estimate of drug-likeness (QED) is 0.352. The summed E-state index contributed by atoms with van der Waals surface area (Å²) in [6, 6.07) is 6.15. The van der Waals surface area contributed by atoms with E-state index in [-0.39, 0.29) is 17.0 Å². The van der Waals surface area contributed by atoms with Crippen molar-refractivity contribution in [3.05, 3.63) is 51.6 Å². The number of carbonyl (C=O) groups excluding carboxylic acids is 1. The van der Waals surface area contributed by atoms with Crippen LogP contribution in [-0.2, 0) is 0 Å². The Morgan fingerprint density at radius 2 is 2.06 bits per heavy atom. The molecule has 0 N–H and O–H groups in total. The van der Waals surface area contributed by atoms with Crippen LogP contribution >= 0.6 is 0 Å². The van der Waals surface area contributed by atoms with Crippen LogP contribution in [0.4, 0.5) is 5.69 Å². The standard InChI is InChI=1S/C14H15NO3/c16-14(10-11-6-2-1-3-7-11)12-8-4-5-9-13(12)15(17)18/h4-6,8-9H,1-3,7,10H2. The SMILES string of the molecule is O=C(CC1=CCCCC1)c1ccccc1[N+](=O)[O-]. The molecule has 0 heterocycles. The third-order valence-corrected chi connectivity index (χ3v) is 3.17. The first-order valence-corrected chi connectivity index (χ1v) is 6.13. The molecule has 0 saturated heterocycles. The van der Waals surface area contributed by atoms with Gasteiger partial charge in [-0.15, -0.1) is 0 Å². The molecule has 4 nitrogen and oxygen atoms in total. The number of para-hydroxylation sites is 1. The van der Waals surface area contributed by atoms with Gasteiger partial charge in [0.2, 0.25) is 0 Å². The van der Waals surface area contributed by atoms with Gasteiger partial charge in [-0.3, -0.25) is 14.9 Å². The Hall–Kier alpha value is -1.97. The van der Waals surface area contributed by atoms with Gasteiger partial charge in [-0.25, -0.2) is 0 Å². The predicted molar refractivity (Wildman–Crippen MR) is 68.6 cm³/mol. The number of ketones is 1. The van der Waals surface area contributed by atoms with E-state index >= 15 is 0 Å². The highest BCUT2D eigenvalue weighted by Gasteiger charge is 2.20. The van der Waals surface area contributed by atoms with Crippen LogP contribution in [-0.4, -0.2) is 10.7 Å². The third kappa shape index (κ3) is 2.83. The Kier molecular flexibility index (Phi) is 3.87. The van der Waals surface area contributed by atoms with Gasteiger partial charge in [0.1, 0.15) is 0 Å². The van der Waals surface area contributed by atoms with Gasteiger partial charge >= 0.3 is 0 Å². The molecule has 0 bridgehead atoms. The lowest BCUT2D eigenvalue weighted by molar-refractivity contribution is -0.385. The molecular formula is C14H15NO3. The molecule has 0 amide bonds. The maximum atomic E-state index is 12.1. The van der Waals surface area contributed by atoms with Crippen molar-refractivity contribution in [1.82, 2.24) is 0 Å². The number of benzene rings is 1. The molecule has 0 saturated carbocycles. The maximum Gasteiger partial charge on any atom is 0.280 e. The molecule has 1 aliphatic rings. The Morgan fingerprint density at radius 3 is 2.72 bits per heavy atom. The van der Waals surface area contributed by atoms with E-state index in [2.05, 4.69) is 6.08 Å². The van der Waals surface area contributed by atoms with Crippen molar-refractivity contribution in [2.45, 2.75) is 32.1 Å². The van der Waals surface area contributed by atoms with E-state index in [4.69, 9.17) is 0 Å². The van der Waals surface area contributed by atoms with E-state index in [1.807, 2.05) is 0 Å². The highest BCUT2D eigenvalue weighted by atomic mass is 16.6. The first-order chi connectivity index (χ1) is 8.68. The number of nitrogens with zero attached hydrogens (tertiary/aromatic N) is 1. The third-order valence-electron chi connectivity index (χ3n) is 3.17. The first kappa shape index (κ1) is 12.5. The van der Waals surface area contributed by atoms with Crippen molar-refractivity contribution in [2.75, 3.05) is 0 Å². The second-order valence-corrected chi connectivity index (χ2v) is 4.48. The van der Waals surface area contributed by atoms with Crippen molar-refractivity contribution in [1.29, 1.82) is 0 Å². The van der Waals surface area contributed by atoms with Crippen LogP contribution in [0, 0.1) is 10.1 Å². The van der Waals surface area contributed by atoms with Crippen LogP contribution in [0.5, 0.6) is 0 Å². The van der Waals surface area contributed by atoms with E-state index < -0.39 is 4.92 Å². The summed E-state index contributed by atoms with van der Waals surface area (Å²) in [6.07, 6.45) is 6.63. The predicted octanol–water partition coefficient (Wildman–Crippen LogP) is 3.67. The molecule has 1 aliphatic carbocycles. The summed E-state index contributed by atoms with van der Waals surface area (Å²) >= 11 is 0. The van der Waals surface area contributed by atoms with Crippen molar-refractivity contribution >= 4 is 11.5 Å². The summed E-state index contributed by atoms with van der Waals surface area (Å²) in [5, 5.41) is 10.9. The molecule has 0 aliphatic heterocycles. The lowest BCUT2D eigenvalue weighted by Gasteiger charge is -2.11. The largest absolute Gasteiger partial charge is 0.294 e. The van der Waals surface area contributed by atoms with Crippen LogP contribution in [0.2, 0.25) is 0 Å². The van der Waals surface area contributed by atoms with Gasteiger partial charge in [-0.2, -0.15) is 0 Å². The second kappa shape index (κ2) is 5.58. The van der Waals surface area contributed by atoms with Gasteiger partial charge in [0, 0.05) is 12.5 Å². The van der Waals surface area contributed by atoms with E-state index in [1.54, 1.807) is 12.1 Å². The molecule has 18 heavy (non-hydrogen) atoms. The second-order valence-electron chi connectivity index (χ2n) is 4.48. The van der Waals surface area contributed by atoms with Gasteiger partial charge in [0.15, 0.2) is 5.78 Å². The lowest BCUT2D eigenvalue weighted by Crippen LogP contribution is -2.06. The fraction of sp³-hybridized carbons (Fsp3) is 0.357. The van der Waals surface area contributed by atoms with Gasteiger partial charge in [0.05, 0.1) is 10.5 Å². The number of rotatable bonds is 4. The number of hydrogen-bond donors (Lipinski definition) is 0. The molecule has 0 unspecified atom stereocenters. The molecule has 94 valence electrons. The van der Waals surface area contributed by atoms with Crippen molar-refractivity contribution in [3.8, 4) is 0 Å². The lowest BCUT2D eigenvalue weighted by atomic mass is 9.93. The van der Waals surface area contributed by atoms with Gasteiger partial charge in [-0.05, 0) is 31.7 Å². The average molecular weight is 245 g/mol. The highest BCUT2D eigenvalue weighted by Crippen LogP contribution is 2.25. The Balaban J connectivity index is 2.18. The zero-order valence-electron chi connectivity index (χ0n) is 10.1. The number of nitro benzene ring substituents is 1. The highest BCUT2D eigenvalue weighted by molar-refractivity contribution is 6.01. The summed E-state index contributed by atoms with van der Waals surface area (Å²) in [7, 11) is 0. The van der Waals surface area contributed by atoms with Gasteiger partial charge < -0.3 is 0 Å². The molecule has 0 spiro atoms. The molecule has 0 aromatic heterocycles. The number of carbonyl (C=O) groups is 1.